The number of aliphatic hydroxyl groups is 1. The number of esters is 1. The zero-order valence-corrected chi connectivity index (χ0v) is 41.2. The predicted molar refractivity (Wildman–Crippen MR) is 263 cm³/mol. The molecule has 0 rings (SSSR count). The average Bonchev–Trinajstić information content (AvgIpc) is 3.27. The van der Waals surface area contributed by atoms with Gasteiger partial charge in [0.15, 0.2) is 6.04 Å². The molecule has 3 unspecified atom stereocenters. The monoisotopic (exact) mass is 922 g/mol. The first kappa shape index (κ1) is 61.2. The van der Waals surface area contributed by atoms with Crippen LogP contribution in [0.2, 0.25) is 0 Å². The van der Waals surface area contributed by atoms with Crippen LogP contribution in [-0.2, 0) is 32.7 Å². The molecule has 0 saturated heterocycles. The third-order valence-electron chi connectivity index (χ3n) is 10.8. The van der Waals surface area contributed by atoms with Gasteiger partial charge in [-0.25, -0.2) is 9.36 Å². The molecule has 0 aromatic heterocycles. The maximum atomic E-state index is 12.4. The van der Waals surface area contributed by atoms with E-state index in [0.29, 0.717) is 12.8 Å². The third kappa shape index (κ3) is 45.7. The molecule has 0 aliphatic carbocycles. The van der Waals surface area contributed by atoms with Crippen LogP contribution >= 0.6 is 7.82 Å². The zero-order chi connectivity index (χ0) is 47.0. The number of hydrogen-bond acceptors (Lipinski definition) is 8. The SMILES string of the molecule is CCCCC/C=C\C/C=C\C/C=C\C/C=C\CCCCCCCC(=O)NC(COP(=O)(O)OCC(O)COC(=O)CCCCCCCCCCC/C=C/CCCCCCCC)C(=O)O. The highest BCUT2D eigenvalue weighted by Crippen LogP contribution is 2.43. The van der Waals surface area contributed by atoms with E-state index in [4.69, 9.17) is 13.8 Å². The summed E-state index contributed by atoms with van der Waals surface area (Å²) < 4.78 is 26.9. The van der Waals surface area contributed by atoms with Gasteiger partial charge in [-0.05, 0) is 83.5 Å². The van der Waals surface area contributed by atoms with Crippen LogP contribution in [0.3, 0.4) is 0 Å². The minimum absolute atomic E-state index is 0.122. The highest BCUT2D eigenvalue weighted by atomic mass is 31.2. The van der Waals surface area contributed by atoms with Crippen LogP contribution in [0, 0.1) is 0 Å². The lowest BCUT2D eigenvalue weighted by Gasteiger charge is -2.18. The number of phosphoric acid groups is 1. The molecule has 0 spiro atoms. The van der Waals surface area contributed by atoms with Crippen molar-refractivity contribution < 1.29 is 47.8 Å². The van der Waals surface area contributed by atoms with Crippen molar-refractivity contribution in [2.75, 3.05) is 19.8 Å². The summed E-state index contributed by atoms with van der Waals surface area (Å²) in [5.41, 5.74) is 0. The van der Waals surface area contributed by atoms with Gasteiger partial charge in [0.25, 0.3) is 0 Å². The second-order valence-electron chi connectivity index (χ2n) is 17.0. The van der Waals surface area contributed by atoms with Crippen molar-refractivity contribution in [3.8, 4) is 0 Å². The fourth-order valence-corrected chi connectivity index (χ4v) is 7.60. The van der Waals surface area contributed by atoms with Crippen LogP contribution in [0.1, 0.15) is 219 Å². The number of rotatable bonds is 47. The average molecular weight is 922 g/mol. The number of carboxylic acid groups (broad SMARTS) is 1. The first-order chi connectivity index (χ1) is 31.1. The van der Waals surface area contributed by atoms with E-state index in [2.05, 4.69) is 79.9 Å². The van der Waals surface area contributed by atoms with Crippen LogP contribution in [0.5, 0.6) is 0 Å². The minimum atomic E-state index is -4.77. The number of nitrogens with one attached hydrogen (secondary N) is 1. The molecule has 0 heterocycles. The molecule has 0 saturated carbocycles. The number of phosphoric ester groups is 1. The molecule has 370 valence electrons. The molecule has 1 amide bonds. The summed E-state index contributed by atoms with van der Waals surface area (Å²) in [6.07, 6.45) is 55.2. The normalized spacial score (nSPS) is 14.1. The molecule has 0 aromatic rings. The van der Waals surface area contributed by atoms with Gasteiger partial charge in [-0.2, -0.15) is 0 Å². The summed E-state index contributed by atoms with van der Waals surface area (Å²) in [6.45, 7) is 2.57. The molecule has 0 radical (unpaired) electrons. The molecule has 3 atom stereocenters. The van der Waals surface area contributed by atoms with E-state index < -0.39 is 57.6 Å². The summed E-state index contributed by atoms with van der Waals surface area (Å²) in [4.78, 5) is 46.1. The number of allylic oxidation sites excluding steroid dienone is 10. The van der Waals surface area contributed by atoms with Crippen molar-refractivity contribution >= 4 is 25.7 Å². The lowest BCUT2D eigenvalue weighted by Crippen LogP contribution is -2.43. The molecule has 0 aliphatic heterocycles. The Balaban J connectivity index is 3.89. The molecule has 4 N–H and O–H groups in total. The van der Waals surface area contributed by atoms with Crippen molar-refractivity contribution in [2.24, 2.45) is 0 Å². The van der Waals surface area contributed by atoms with Gasteiger partial charge >= 0.3 is 19.8 Å². The topological polar surface area (TPSA) is 169 Å². The Labute approximate surface area is 389 Å². The second-order valence-corrected chi connectivity index (χ2v) is 18.5. The number of aliphatic hydroxyl groups excluding tert-OH is 1. The summed E-state index contributed by atoms with van der Waals surface area (Å²) >= 11 is 0. The maximum absolute atomic E-state index is 12.4. The number of amides is 1. The van der Waals surface area contributed by atoms with Crippen molar-refractivity contribution in [1.29, 1.82) is 0 Å². The number of ether oxygens (including phenoxy) is 1. The van der Waals surface area contributed by atoms with E-state index in [1.165, 1.54) is 109 Å². The standard InChI is InChI=1S/C52H92NO10P/c1-3-5-7-9-11-13-15-17-19-21-23-24-26-27-29-31-33-35-37-39-41-43-50(55)53-49(52(57)58)47-63-64(59,60)62-46-48(54)45-61-51(56)44-42-40-38-36-34-32-30-28-25-22-20-18-16-14-12-10-8-6-4-2/h11,13,17-20,23-24,27,29,48-49,54H,3-10,12,14-16,21-22,25-26,28,30-47H2,1-2H3,(H,53,55)(H,57,58)(H,59,60)/b13-11-,19-17-,20-18+,24-23-,29-27-. The highest BCUT2D eigenvalue weighted by molar-refractivity contribution is 7.47. The molecule has 0 aromatic carbocycles. The van der Waals surface area contributed by atoms with E-state index in [1.54, 1.807) is 0 Å². The first-order valence-corrected chi connectivity index (χ1v) is 26.8. The summed E-state index contributed by atoms with van der Waals surface area (Å²) in [7, 11) is -4.77. The van der Waals surface area contributed by atoms with Gasteiger partial charge in [0.1, 0.15) is 12.7 Å². The smallest absolute Gasteiger partial charge is 0.472 e. The Bertz CT molecular complexity index is 1310. The van der Waals surface area contributed by atoms with E-state index >= 15 is 0 Å². The third-order valence-corrected chi connectivity index (χ3v) is 11.7. The van der Waals surface area contributed by atoms with Gasteiger partial charge in [-0.3, -0.25) is 18.6 Å². The van der Waals surface area contributed by atoms with Crippen LogP contribution in [0.25, 0.3) is 0 Å². The highest BCUT2D eigenvalue weighted by Gasteiger charge is 2.28. The maximum Gasteiger partial charge on any atom is 0.472 e. The largest absolute Gasteiger partial charge is 0.480 e. The van der Waals surface area contributed by atoms with E-state index in [0.717, 1.165) is 70.6 Å². The van der Waals surface area contributed by atoms with Crippen LogP contribution < -0.4 is 5.32 Å². The Kier molecular flexibility index (Phi) is 44.6. The number of carboxylic acids is 1. The fourth-order valence-electron chi connectivity index (χ4n) is 6.82. The Morgan fingerprint density at radius 3 is 1.33 bits per heavy atom. The molecule has 12 heteroatoms. The first-order valence-electron chi connectivity index (χ1n) is 25.3. The number of carbonyl (C=O) groups excluding carboxylic acids is 2. The summed E-state index contributed by atoms with van der Waals surface area (Å²) in [6, 6.07) is -1.56. The molecule has 11 nitrogen and oxygen atoms in total. The van der Waals surface area contributed by atoms with Crippen molar-refractivity contribution in [1.82, 2.24) is 5.32 Å². The molecular formula is C52H92NO10P. The Hall–Kier alpha value is -2.82. The number of hydrogen-bond donors (Lipinski definition) is 4. The van der Waals surface area contributed by atoms with Crippen molar-refractivity contribution in [3.63, 3.8) is 0 Å². The summed E-state index contributed by atoms with van der Waals surface area (Å²) in [5.74, 6) is -2.40. The lowest BCUT2D eigenvalue weighted by molar-refractivity contribution is -0.147. The second kappa shape index (κ2) is 46.7. The van der Waals surface area contributed by atoms with Crippen molar-refractivity contribution in [3.05, 3.63) is 60.8 Å². The fraction of sp³-hybridized carbons (Fsp3) is 0.750. The number of unbranched alkanes of at least 4 members (excludes halogenated alkanes) is 23. The zero-order valence-electron chi connectivity index (χ0n) is 40.3. The number of aliphatic carboxylic acids is 1. The van der Waals surface area contributed by atoms with Gasteiger partial charge in [-0.15, -0.1) is 0 Å². The van der Waals surface area contributed by atoms with Gasteiger partial charge in [-0.1, -0.05) is 184 Å². The van der Waals surface area contributed by atoms with Gasteiger partial charge in [0.05, 0.1) is 13.2 Å². The van der Waals surface area contributed by atoms with Crippen LogP contribution in [0.4, 0.5) is 0 Å². The summed E-state index contributed by atoms with van der Waals surface area (Å²) in [5, 5.41) is 21.9. The minimum Gasteiger partial charge on any atom is -0.480 e. The Morgan fingerprint density at radius 2 is 0.859 bits per heavy atom. The number of carbonyl (C=O) groups is 3. The Morgan fingerprint density at radius 1 is 0.500 bits per heavy atom. The van der Waals surface area contributed by atoms with Gasteiger partial charge in [0, 0.05) is 12.8 Å². The van der Waals surface area contributed by atoms with Crippen molar-refractivity contribution in [2.45, 2.75) is 231 Å². The predicted octanol–water partition coefficient (Wildman–Crippen LogP) is 13.9. The molecule has 0 bridgehead atoms. The molecule has 0 aliphatic rings. The van der Waals surface area contributed by atoms with Gasteiger partial charge in [0.2, 0.25) is 5.91 Å². The quantitative estimate of drug-likeness (QED) is 0.0199. The lowest BCUT2D eigenvalue weighted by atomic mass is 10.1. The van der Waals surface area contributed by atoms with E-state index in [9.17, 15) is 34.1 Å². The molecule has 64 heavy (non-hydrogen) atoms. The van der Waals surface area contributed by atoms with E-state index in [-0.39, 0.29) is 12.8 Å². The van der Waals surface area contributed by atoms with Gasteiger partial charge < -0.3 is 25.2 Å². The molecule has 0 fully saturated rings. The molecular weight excluding hydrogens is 830 g/mol. The van der Waals surface area contributed by atoms with Crippen LogP contribution in [-0.4, -0.2) is 64.9 Å². The van der Waals surface area contributed by atoms with E-state index in [1.807, 2.05) is 0 Å². The van der Waals surface area contributed by atoms with Crippen LogP contribution in [0.15, 0.2) is 60.8 Å².